The zero-order valence-electron chi connectivity index (χ0n) is 14.1. The summed E-state index contributed by atoms with van der Waals surface area (Å²) in [5.41, 5.74) is 1.31. The molecule has 0 saturated heterocycles. The number of carbonyl (C=O) groups excluding carboxylic acids is 2. The molecule has 120 valence electrons. The van der Waals surface area contributed by atoms with Gasteiger partial charge < -0.3 is 9.88 Å². The average Bonchev–Trinajstić information content (AvgIpc) is 2.97. The second kappa shape index (κ2) is 8.03. The quantitative estimate of drug-likeness (QED) is 0.527. The van der Waals surface area contributed by atoms with Gasteiger partial charge >= 0.3 is 0 Å². The van der Waals surface area contributed by atoms with Crippen LogP contribution in [0.4, 0.5) is 0 Å². The summed E-state index contributed by atoms with van der Waals surface area (Å²) < 4.78 is 0. The summed E-state index contributed by atoms with van der Waals surface area (Å²) in [7, 11) is 1.65. The molecule has 0 unspecified atom stereocenters. The lowest BCUT2D eigenvalue weighted by Crippen LogP contribution is -2.38. The van der Waals surface area contributed by atoms with Crippen LogP contribution in [0.25, 0.3) is 10.9 Å². The Hall–Kier alpha value is -1.75. The molecular formula is C17H24N2O2S. The van der Waals surface area contributed by atoms with Crippen LogP contribution in [0.5, 0.6) is 0 Å². The molecule has 2 rings (SSSR count). The number of nitrogens with one attached hydrogen (secondary N) is 1. The smallest absolute Gasteiger partial charge is 0.295 e. The van der Waals surface area contributed by atoms with E-state index in [1.165, 1.54) is 4.90 Å². The molecule has 1 aromatic heterocycles. The summed E-state index contributed by atoms with van der Waals surface area (Å²) in [6.07, 6.45) is 3.59. The van der Waals surface area contributed by atoms with Gasteiger partial charge in [-0.05, 0) is 38.3 Å². The number of rotatable bonds is 4. The molecule has 1 amide bonds. The third kappa shape index (κ3) is 3.71. The van der Waals surface area contributed by atoms with Crippen molar-refractivity contribution in [2.75, 3.05) is 13.3 Å². The van der Waals surface area contributed by atoms with Gasteiger partial charge in [0.2, 0.25) is 0 Å². The van der Waals surface area contributed by atoms with Gasteiger partial charge in [0.1, 0.15) is 0 Å². The van der Waals surface area contributed by atoms with E-state index in [1.54, 1.807) is 25.0 Å². The lowest BCUT2D eigenvalue weighted by atomic mass is 10.1. The normalized spacial score (nSPS) is 10.3. The Morgan fingerprint density at radius 3 is 2.41 bits per heavy atom. The molecule has 0 bridgehead atoms. The Bertz CT molecular complexity index is 662. The highest BCUT2D eigenvalue weighted by atomic mass is 32.2. The van der Waals surface area contributed by atoms with Crippen molar-refractivity contribution in [1.82, 2.24) is 9.88 Å². The molecular weight excluding hydrogens is 296 g/mol. The van der Waals surface area contributed by atoms with Crippen molar-refractivity contribution >= 4 is 34.4 Å². The van der Waals surface area contributed by atoms with Gasteiger partial charge in [0.15, 0.2) is 0 Å². The van der Waals surface area contributed by atoms with Gasteiger partial charge in [-0.15, -0.1) is 11.8 Å². The first-order chi connectivity index (χ1) is 10.5. The van der Waals surface area contributed by atoms with E-state index < -0.39 is 11.7 Å². The maximum absolute atomic E-state index is 12.3. The standard InChI is InChI=1S/C15H18N2O2S.C2H6/c1-9(2)17(3)15(19)14(18)12-8-16-13-6-5-10(20-4)7-11(12)13;1-2/h5-9,16H,1-4H3;1-2H3. The number of hydrogen-bond donors (Lipinski definition) is 1. The molecule has 0 fully saturated rings. The average molecular weight is 320 g/mol. The van der Waals surface area contributed by atoms with Gasteiger partial charge in [-0.2, -0.15) is 0 Å². The van der Waals surface area contributed by atoms with Crippen molar-refractivity contribution in [2.45, 2.75) is 38.6 Å². The lowest BCUT2D eigenvalue weighted by Gasteiger charge is -2.20. The predicted molar refractivity (Wildman–Crippen MR) is 93.7 cm³/mol. The number of aromatic nitrogens is 1. The van der Waals surface area contributed by atoms with Gasteiger partial charge in [-0.25, -0.2) is 0 Å². The van der Waals surface area contributed by atoms with E-state index in [-0.39, 0.29) is 6.04 Å². The van der Waals surface area contributed by atoms with E-state index >= 15 is 0 Å². The topological polar surface area (TPSA) is 53.2 Å². The van der Waals surface area contributed by atoms with Crippen LogP contribution < -0.4 is 0 Å². The minimum Gasteiger partial charge on any atom is -0.360 e. The molecule has 1 heterocycles. The minimum atomic E-state index is -0.476. The van der Waals surface area contributed by atoms with E-state index in [9.17, 15) is 9.59 Å². The second-order valence-electron chi connectivity index (χ2n) is 4.95. The van der Waals surface area contributed by atoms with Gasteiger partial charge in [-0.3, -0.25) is 9.59 Å². The van der Waals surface area contributed by atoms with Crippen LogP contribution in [0.1, 0.15) is 38.1 Å². The molecule has 0 aliphatic carbocycles. The summed E-state index contributed by atoms with van der Waals surface area (Å²) in [6.45, 7) is 7.76. The maximum atomic E-state index is 12.3. The molecule has 0 spiro atoms. The molecule has 1 N–H and O–H groups in total. The third-order valence-electron chi connectivity index (χ3n) is 3.42. The zero-order chi connectivity index (χ0) is 16.9. The molecule has 4 nitrogen and oxygen atoms in total. The first-order valence-electron chi connectivity index (χ1n) is 7.42. The summed E-state index contributed by atoms with van der Waals surface area (Å²) in [6, 6.07) is 5.85. The Morgan fingerprint density at radius 1 is 1.23 bits per heavy atom. The van der Waals surface area contributed by atoms with Gasteiger partial charge in [-0.1, -0.05) is 13.8 Å². The summed E-state index contributed by atoms with van der Waals surface area (Å²) in [5.74, 6) is -0.943. The fourth-order valence-electron chi connectivity index (χ4n) is 1.92. The van der Waals surface area contributed by atoms with Crippen LogP contribution in [0.2, 0.25) is 0 Å². The number of amides is 1. The van der Waals surface area contributed by atoms with Gasteiger partial charge in [0.25, 0.3) is 11.7 Å². The van der Waals surface area contributed by atoms with Crippen molar-refractivity contribution in [2.24, 2.45) is 0 Å². The number of thioether (sulfide) groups is 1. The van der Waals surface area contributed by atoms with Crippen LogP contribution in [0, 0.1) is 0 Å². The molecule has 1 aromatic carbocycles. The van der Waals surface area contributed by atoms with Crippen LogP contribution in [0.15, 0.2) is 29.3 Å². The molecule has 5 heteroatoms. The predicted octanol–water partition coefficient (Wildman–Crippen LogP) is 3.97. The number of aromatic amines is 1. The highest BCUT2D eigenvalue weighted by molar-refractivity contribution is 7.98. The number of nitrogens with zero attached hydrogens (tertiary/aromatic N) is 1. The number of hydrogen-bond acceptors (Lipinski definition) is 3. The van der Waals surface area contributed by atoms with E-state index in [1.807, 2.05) is 52.1 Å². The van der Waals surface area contributed by atoms with E-state index in [0.717, 1.165) is 15.8 Å². The molecule has 0 aliphatic heterocycles. The number of ketones is 1. The molecule has 0 radical (unpaired) electrons. The van der Waals surface area contributed by atoms with Gasteiger partial charge in [0.05, 0.1) is 5.56 Å². The molecule has 0 saturated carbocycles. The van der Waals surface area contributed by atoms with Crippen LogP contribution in [-0.2, 0) is 4.79 Å². The SMILES string of the molecule is CC.CSc1ccc2[nH]cc(C(=O)C(=O)N(C)C(C)C)c2c1. The highest BCUT2D eigenvalue weighted by Gasteiger charge is 2.24. The van der Waals surface area contributed by atoms with Crippen molar-refractivity contribution in [1.29, 1.82) is 0 Å². The first kappa shape index (κ1) is 18.3. The molecule has 0 atom stereocenters. The summed E-state index contributed by atoms with van der Waals surface area (Å²) in [5, 5.41) is 0.798. The highest BCUT2D eigenvalue weighted by Crippen LogP contribution is 2.25. The minimum absolute atomic E-state index is 0.00147. The number of benzene rings is 1. The Morgan fingerprint density at radius 2 is 1.86 bits per heavy atom. The molecule has 2 aromatic rings. The number of Topliss-reactive ketones (excluding diaryl/α,β-unsaturated/α-hetero) is 1. The number of H-pyrrole nitrogens is 1. The summed E-state index contributed by atoms with van der Waals surface area (Å²) >= 11 is 1.61. The second-order valence-corrected chi connectivity index (χ2v) is 5.83. The van der Waals surface area contributed by atoms with Crippen molar-refractivity contribution in [3.8, 4) is 0 Å². The van der Waals surface area contributed by atoms with Crippen molar-refractivity contribution in [3.63, 3.8) is 0 Å². The van der Waals surface area contributed by atoms with Crippen LogP contribution in [0.3, 0.4) is 0 Å². The fraction of sp³-hybridized carbons (Fsp3) is 0.412. The first-order valence-corrected chi connectivity index (χ1v) is 8.64. The molecule has 22 heavy (non-hydrogen) atoms. The third-order valence-corrected chi connectivity index (χ3v) is 4.15. The number of fused-ring (bicyclic) bond motifs is 1. The number of likely N-dealkylation sites (N-methyl/N-ethyl adjacent to an activating group) is 1. The monoisotopic (exact) mass is 320 g/mol. The van der Waals surface area contributed by atoms with Crippen LogP contribution >= 0.6 is 11.8 Å². The summed E-state index contributed by atoms with van der Waals surface area (Å²) in [4.78, 5) is 30.1. The maximum Gasteiger partial charge on any atom is 0.295 e. The largest absolute Gasteiger partial charge is 0.360 e. The zero-order valence-corrected chi connectivity index (χ0v) is 14.9. The van der Waals surface area contributed by atoms with Crippen molar-refractivity contribution < 1.29 is 9.59 Å². The Labute approximate surface area is 136 Å². The van der Waals surface area contributed by atoms with E-state index in [2.05, 4.69) is 4.98 Å². The Kier molecular flexibility index (Phi) is 6.68. The lowest BCUT2D eigenvalue weighted by molar-refractivity contribution is -0.126. The fourth-order valence-corrected chi connectivity index (χ4v) is 2.36. The van der Waals surface area contributed by atoms with E-state index in [0.29, 0.717) is 5.56 Å². The van der Waals surface area contributed by atoms with E-state index in [4.69, 9.17) is 0 Å². The molecule has 0 aliphatic rings. The number of carbonyl (C=O) groups is 2. The van der Waals surface area contributed by atoms with Crippen LogP contribution in [-0.4, -0.2) is 40.9 Å². The Balaban J connectivity index is 0.00000116. The van der Waals surface area contributed by atoms with Gasteiger partial charge in [0, 0.05) is 35.1 Å². The van der Waals surface area contributed by atoms with Crippen molar-refractivity contribution in [3.05, 3.63) is 30.0 Å².